The molecule has 0 spiro atoms. The van der Waals surface area contributed by atoms with Crippen molar-refractivity contribution in [3.8, 4) is 5.75 Å². The largest absolute Gasteiger partial charge is 0.496 e. The van der Waals surface area contributed by atoms with Gasteiger partial charge >= 0.3 is 0 Å². The Hall–Kier alpha value is -3.67. The number of fused-ring (bicyclic) bond motifs is 1. The molecule has 6 nitrogen and oxygen atoms in total. The lowest BCUT2D eigenvalue weighted by molar-refractivity contribution is -0.115. The highest BCUT2D eigenvalue weighted by molar-refractivity contribution is 5.98. The first-order valence-corrected chi connectivity index (χ1v) is 10.2. The Bertz CT molecular complexity index is 1160. The molecule has 3 aromatic rings. The molecular formula is C25H25N3O3. The average Bonchev–Trinajstić information content (AvgIpc) is 3.18. The van der Waals surface area contributed by atoms with Gasteiger partial charge in [-0.2, -0.15) is 0 Å². The summed E-state index contributed by atoms with van der Waals surface area (Å²) in [5.41, 5.74) is 6.06. The molecule has 0 radical (unpaired) electrons. The van der Waals surface area contributed by atoms with Crippen LogP contribution in [0.4, 0.5) is 5.69 Å². The number of aryl methyl sites for hydroxylation is 2. The summed E-state index contributed by atoms with van der Waals surface area (Å²) in [6.45, 7) is 4.98. The molecule has 2 aromatic carbocycles. The van der Waals surface area contributed by atoms with Gasteiger partial charge in [0.15, 0.2) is 0 Å². The molecule has 31 heavy (non-hydrogen) atoms. The topological polar surface area (TPSA) is 71.5 Å². The summed E-state index contributed by atoms with van der Waals surface area (Å²) in [5.74, 6) is 0.457. The standard InChI is InChI=1S/C25H25N3O3/c1-16-8-9-19(25(30)28-14-20-10-17(2)26-13-21(20)15-28)11-22(16)27-24(29)12-18-6-4-5-7-23(18)31-3/h4-11,13H,12,14-15H2,1-3H3,(H,27,29). The first kappa shape index (κ1) is 20.6. The highest BCUT2D eigenvalue weighted by atomic mass is 16.5. The second-order valence-corrected chi connectivity index (χ2v) is 7.82. The zero-order valence-corrected chi connectivity index (χ0v) is 17.9. The molecule has 0 aliphatic carbocycles. The highest BCUT2D eigenvalue weighted by Crippen LogP contribution is 2.26. The maximum Gasteiger partial charge on any atom is 0.254 e. The number of hydrogen-bond acceptors (Lipinski definition) is 4. The van der Waals surface area contributed by atoms with Crippen molar-refractivity contribution in [1.82, 2.24) is 9.88 Å². The Kier molecular flexibility index (Phi) is 5.71. The zero-order valence-electron chi connectivity index (χ0n) is 17.9. The van der Waals surface area contributed by atoms with Gasteiger partial charge in [0.05, 0.1) is 13.5 Å². The predicted octanol–water partition coefficient (Wildman–Crippen LogP) is 4.04. The van der Waals surface area contributed by atoms with Gasteiger partial charge in [-0.3, -0.25) is 14.6 Å². The van der Waals surface area contributed by atoms with Crippen molar-refractivity contribution in [2.24, 2.45) is 0 Å². The van der Waals surface area contributed by atoms with Crippen molar-refractivity contribution < 1.29 is 14.3 Å². The SMILES string of the molecule is COc1ccccc1CC(=O)Nc1cc(C(=O)N2Cc3cnc(C)cc3C2)ccc1C. The molecule has 0 unspecified atom stereocenters. The maximum atomic E-state index is 13.1. The van der Waals surface area contributed by atoms with E-state index in [2.05, 4.69) is 10.3 Å². The van der Waals surface area contributed by atoms with Gasteiger partial charge in [-0.25, -0.2) is 0 Å². The summed E-state index contributed by atoms with van der Waals surface area (Å²) >= 11 is 0. The van der Waals surface area contributed by atoms with Crippen LogP contribution in [0.15, 0.2) is 54.7 Å². The molecule has 2 heterocycles. The fraction of sp³-hybridized carbons (Fsp3) is 0.240. The molecule has 4 rings (SSSR count). The van der Waals surface area contributed by atoms with Crippen LogP contribution < -0.4 is 10.1 Å². The van der Waals surface area contributed by atoms with Crippen LogP contribution in [0, 0.1) is 13.8 Å². The summed E-state index contributed by atoms with van der Waals surface area (Å²) in [5, 5.41) is 2.95. The molecule has 1 aromatic heterocycles. The van der Waals surface area contributed by atoms with Crippen LogP contribution in [0.25, 0.3) is 0 Å². The molecule has 158 valence electrons. The van der Waals surface area contributed by atoms with E-state index in [1.165, 1.54) is 0 Å². The Morgan fingerprint density at radius 1 is 1.06 bits per heavy atom. The fourth-order valence-corrected chi connectivity index (χ4v) is 3.83. The lowest BCUT2D eigenvalue weighted by atomic mass is 10.1. The summed E-state index contributed by atoms with van der Waals surface area (Å²) in [7, 11) is 1.59. The maximum absolute atomic E-state index is 13.1. The molecule has 0 saturated carbocycles. The van der Waals surface area contributed by atoms with E-state index in [1.54, 1.807) is 24.1 Å². The van der Waals surface area contributed by atoms with Crippen molar-refractivity contribution in [3.05, 3.63) is 88.2 Å². The van der Waals surface area contributed by atoms with Crippen LogP contribution in [-0.4, -0.2) is 28.8 Å². The summed E-state index contributed by atoms with van der Waals surface area (Å²) < 4.78 is 5.33. The van der Waals surface area contributed by atoms with Crippen molar-refractivity contribution in [2.75, 3.05) is 12.4 Å². The van der Waals surface area contributed by atoms with E-state index < -0.39 is 0 Å². The first-order chi connectivity index (χ1) is 14.9. The highest BCUT2D eigenvalue weighted by Gasteiger charge is 2.25. The third kappa shape index (κ3) is 4.43. The number of aromatic nitrogens is 1. The minimum Gasteiger partial charge on any atom is -0.496 e. The lowest BCUT2D eigenvalue weighted by Gasteiger charge is -2.17. The first-order valence-electron chi connectivity index (χ1n) is 10.2. The second kappa shape index (κ2) is 8.60. The van der Waals surface area contributed by atoms with Crippen molar-refractivity contribution in [3.63, 3.8) is 0 Å². The average molecular weight is 415 g/mol. The van der Waals surface area contributed by atoms with Crippen LogP contribution in [0.2, 0.25) is 0 Å². The minimum absolute atomic E-state index is 0.0610. The van der Waals surface area contributed by atoms with Gasteiger partial charge in [0, 0.05) is 41.8 Å². The Balaban J connectivity index is 1.48. The van der Waals surface area contributed by atoms with Crippen LogP contribution >= 0.6 is 0 Å². The van der Waals surface area contributed by atoms with Gasteiger partial charge in [-0.15, -0.1) is 0 Å². The van der Waals surface area contributed by atoms with E-state index in [4.69, 9.17) is 4.74 Å². The van der Waals surface area contributed by atoms with E-state index >= 15 is 0 Å². The summed E-state index contributed by atoms with van der Waals surface area (Å²) in [6.07, 6.45) is 2.03. The number of carbonyl (C=O) groups is 2. The number of carbonyl (C=O) groups excluding carboxylic acids is 2. The zero-order chi connectivity index (χ0) is 22.0. The van der Waals surface area contributed by atoms with Crippen LogP contribution in [0.5, 0.6) is 5.75 Å². The lowest BCUT2D eigenvalue weighted by Crippen LogP contribution is -2.25. The van der Waals surface area contributed by atoms with Gasteiger partial charge in [-0.1, -0.05) is 24.3 Å². The van der Waals surface area contributed by atoms with E-state index in [9.17, 15) is 9.59 Å². The van der Waals surface area contributed by atoms with Gasteiger partial charge < -0.3 is 15.0 Å². The van der Waals surface area contributed by atoms with E-state index in [0.717, 1.165) is 27.9 Å². The smallest absolute Gasteiger partial charge is 0.254 e. The molecule has 2 amide bonds. The number of para-hydroxylation sites is 1. The number of ether oxygens (including phenoxy) is 1. The molecule has 0 fully saturated rings. The fourth-order valence-electron chi connectivity index (χ4n) is 3.83. The molecule has 0 saturated heterocycles. The summed E-state index contributed by atoms with van der Waals surface area (Å²) in [6, 6.07) is 14.9. The van der Waals surface area contributed by atoms with E-state index in [0.29, 0.717) is 30.1 Å². The molecule has 1 aliphatic heterocycles. The number of hydrogen-bond donors (Lipinski definition) is 1. The van der Waals surface area contributed by atoms with Crippen LogP contribution in [0.1, 0.15) is 38.3 Å². The third-order valence-electron chi connectivity index (χ3n) is 5.53. The van der Waals surface area contributed by atoms with E-state index in [-0.39, 0.29) is 18.2 Å². The quantitative estimate of drug-likeness (QED) is 0.683. The molecule has 1 N–H and O–H groups in total. The normalized spacial score (nSPS) is 12.4. The number of rotatable bonds is 5. The Morgan fingerprint density at radius 2 is 1.84 bits per heavy atom. The Labute approximate surface area is 181 Å². The van der Waals surface area contributed by atoms with Crippen LogP contribution in [0.3, 0.4) is 0 Å². The number of anilines is 1. The van der Waals surface area contributed by atoms with Gasteiger partial charge in [0.2, 0.25) is 5.91 Å². The predicted molar refractivity (Wildman–Crippen MR) is 119 cm³/mol. The van der Waals surface area contributed by atoms with E-state index in [1.807, 2.05) is 56.4 Å². The van der Waals surface area contributed by atoms with Gasteiger partial charge in [0.25, 0.3) is 5.91 Å². The number of nitrogens with one attached hydrogen (secondary N) is 1. The van der Waals surface area contributed by atoms with Crippen LogP contribution in [-0.2, 0) is 24.3 Å². The van der Waals surface area contributed by atoms with Crippen molar-refractivity contribution in [1.29, 1.82) is 0 Å². The number of amides is 2. The number of nitrogens with zero attached hydrogens (tertiary/aromatic N) is 2. The van der Waals surface area contributed by atoms with Gasteiger partial charge in [0.1, 0.15) is 5.75 Å². The minimum atomic E-state index is -0.160. The number of benzene rings is 2. The van der Waals surface area contributed by atoms with Crippen molar-refractivity contribution >= 4 is 17.5 Å². The van der Waals surface area contributed by atoms with Gasteiger partial charge in [-0.05, 0) is 54.8 Å². The third-order valence-corrected chi connectivity index (χ3v) is 5.53. The summed E-state index contributed by atoms with van der Waals surface area (Å²) in [4.78, 5) is 31.9. The number of pyridine rings is 1. The van der Waals surface area contributed by atoms with Crippen molar-refractivity contribution in [2.45, 2.75) is 33.4 Å². The molecular weight excluding hydrogens is 390 g/mol. The molecule has 0 atom stereocenters. The molecule has 6 heteroatoms. The Morgan fingerprint density at radius 3 is 2.65 bits per heavy atom. The molecule has 0 bridgehead atoms. The molecule has 1 aliphatic rings. The second-order valence-electron chi connectivity index (χ2n) is 7.82. The monoisotopic (exact) mass is 415 g/mol. The number of methoxy groups -OCH3 is 1.